The fourth-order valence-electron chi connectivity index (χ4n) is 4.29. The van der Waals surface area contributed by atoms with Gasteiger partial charge in [0, 0.05) is 36.5 Å². The zero-order valence-corrected chi connectivity index (χ0v) is 17.9. The van der Waals surface area contributed by atoms with Crippen LogP contribution in [0.2, 0.25) is 0 Å². The van der Waals surface area contributed by atoms with Gasteiger partial charge >= 0.3 is 0 Å². The number of aliphatic hydroxyl groups is 1. The summed E-state index contributed by atoms with van der Waals surface area (Å²) in [6.45, 7) is 4.32. The molecule has 166 valence electrons. The molecule has 1 aliphatic rings. The van der Waals surface area contributed by atoms with E-state index in [2.05, 4.69) is 34.4 Å². The van der Waals surface area contributed by atoms with Gasteiger partial charge in [-0.3, -0.25) is 4.79 Å². The molecule has 0 amide bonds. The van der Waals surface area contributed by atoms with Gasteiger partial charge in [0.25, 0.3) is 5.56 Å². The fourth-order valence-corrected chi connectivity index (χ4v) is 4.29. The number of hydrogen-bond donors (Lipinski definition) is 5. The highest BCUT2D eigenvalue weighted by molar-refractivity contribution is 5.86. The largest absolute Gasteiger partial charge is 0.396 e. The Morgan fingerprint density at radius 2 is 2.10 bits per heavy atom. The number of nitrogen functional groups attached to an aromatic ring is 1. The minimum absolute atomic E-state index is 0.174. The van der Waals surface area contributed by atoms with Crippen molar-refractivity contribution < 1.29 is 5.11 Å². The van der Waals surface area contributed by atoms with E-state index in [0.29, 0.717) is 34.5 Å². The van der Waals surface area contributed by atoms with Gasteiger partial charge in [-0.2, -0.15) is 9.97 Å². The van der Waals surface area contributed by atoms with Crippen molar-refractivity contribution in [3.63, 3.8) is 0 Å². The first kappa shape index (κ1) is 21.1. The van der Waals surface area contributed by atoms with Crippen LogP contribution in [0, 0.1) is 5.92 Å². The Morgan fingerprint density at radius 3 is 2.84 bits per heavy atom. The molecular formula is C21H30N8O2. The van der Waals surface area contributed by atoms with Crippen molar-refractivity contribution >= 4 is 34.4 Å². The van der Waals surface area contributed by atoms with Crippen LogP contribution in [0.15, 0.2) is 23.3 Å². The van der Waals surface area contributed by atoms with Crippen molar-refractivity contribution in [2.45, 2.75) is 58.0 Å². The normalized spacial score (nSPS) is 19.1. The number of aliphatic hydroxyl groups excluding tert-OH is 1. The molecule has 1 saturated carbocycles. The molecule has 3 aromatic rings. The average Bonchev–Trinajstić information content (AvgIpc) is 3.13. The fraction of sp³-hybridized carbons (Fsp3) is 0.524. The lowest BCUT2D eigenvalue weighted by molar-refractivity contribution is 0.219. The number of aromatic amines is 1. The van der Waals surface area contributed by atoms with Gasteiger partial charge in [0.15, 0.2) is 17.0 Å². The minimum atomic E-state index is -0.298. The lowest BCUT2D eigenvalue weighted by atomic mass is 9.82. The van der Waals surface area contributed by atoms with Crippen LogP contribution in [0.1, 0.15) is 52.0 Å². The van der Waals surface area contributed by atoms with Crippen LogP contribution < -0.4 is 21.9 Å². The molecule has 0 spiro atoms. The minimum Gasteiger partial charge on any atom is -0.396 e. The Bertz CT molecular complexity index is 1100. The van der Waals surface area contributed by atoms with Gasteiger partial charge in [-0.25, -0.2) is 4.98 Å². The third-order valence-corrected chi connectivity index (χ3v) is 5.83. The smallest absolute Gasteiger partial charge is 0.251 e. The number of nitrogens with one attached hydrogen (secondary N) is 3. The second-order valence-electron chi connectivity index (χ2n) is 8.43. The molecule has 1 aliphatic carbocycles. The highest BCUT2D eigenvalue weighted by Gasteiger charge is 2.26. The third kappa shape index (κ3) is 4.63. The molecule has 2 atom stereocenters. The van der Waals surface area contributed by atoms with E-state index in [0.717, 1.165) is 25.7 Å². The number of rotatable bonds is 7. The first-order valence-corrected chi connectivity index (χ1v) is 10.8. The van der Waals surface area contributed by atoms with E-state index in [1.807, 2.05) is 4.57 Å². The summed E-state index contributed by atoms with van der Waals surface area (Å²) in [7, 11) is 0. The van der Waals surface area contributed by atoms with Crippen LogP contribution in [0.4, 0.5) is 23.3 Å². The van der Waals surface area contributed by atoms with Crippen LogP contribution in [0.3, 0.4) is 0 Å². The molecule has 0 bridgehead atoms. The van der Waals surface area contributed by atoms with Gasteiger partial charge in [0.05, 0.1) is 6.33 Å². The zero-order chi connectivity index (χ0) is 22.0. The maximum absolute atomic E-state index is 11.8. The SMILES string of the molecule is CC(C)n1cnc2c(Nc3cc(N)[nH]c(=O)c3)nc(N[C@H]3CCCC[C@@H]3CCO)nc21. The van der Waals surface area contributed by atoms with Crippen molar-refractivity contribution in [1.29, 1.82) is 0 Å². The highest BCUT2D eigenvalue weighted by atomic mass is 16.3. The van der Waals surface area contributed by atoms with E-state index in [9.17, 15) is 9.90 Å². The van der Waals surface area contributed by atoms with E-state index < -0.39 is 0 Å². The Hall–Kier alpha value is -3.14. The number of nitrogens with two attached hydrogens (primary N) is 1. The van der Waals surface area contributed by atoms with E-state index in [4.69, 9.17) is 15.7 Å². The molecule has 0 radical (unpaired) electrons. The van der Waals surface area contributed by atoms with E-state index in [-0.39, 0.29) is 30.1 Å². The second kappa shape index (κ2) is 8.93. The van der Waals surface area contributed by atoms with Crippen molar-refractivity contribution in [2.75, 3.05) is 23.0 Å². The molecule has 0 unspecified atom stereocenters. The first-order valence-electron chi connectivity index (χ1n) is 10.8. The molecule has 3 aromatic heterocycles. The number of imidazole rings is 1. The quantitative estimate of drug-likeness (QED) is 0.387. The molecule has 0 aliphatic heterocycles. The molecule has 0 aromatic carbocycles. The van der Waals surface area contributed by atoms with Crippen LogP contribution in [0.5, 0.6) is 0 Å². The monoisotopic (exact) mass is 426 g/mol. The number of aromatic nitrogens is 5. The van der Waals surface area contributed by atoms with Crippen molar-refractivity contribution in [1.82, 2.24) is 24.5 Å². The van der Waals surface area contributed by atoms with Gasteiger partial charge in [0.1, 0.15) is 5.82 Å². The number of nitrogens with zero attached hydrogens (tertiary/aromatic N) is 4. The van der Waals surface area contributed by atoms with Gasteiger partial charge in [-0.05, 0) is 39.0 Å². The average molecular weight is 427 g/mol. The van der Waals surface area contributed by atoms with Crippen LogP contribution in [-0.2, 0) is 0 Å². The molecule has 4 rings (SSSR count). The summed E-state index contributed by atoms with van der Waals surface area (Å²) in [5, 5.41) is 16.1. The predicted molar refractivity (Wildman–Crippen MR) is 122 cm³/mol. The Balaban J connectivity index is 1.73. The summed E-state index contributed by atoms with van der Waals surface area (Å²) in [5.41, 5.74) is 7.35. The Labute approximate surface area is 180 Å². The lowest BCUT2D eigenvalue weighted by Crippen LogP contribution is -2.33. The summed E-state index contributed by atoms with van der Waals surface area (Å²) >= 11 is 0. The van der Waals surface area contributed by atoms with Gasteiger partial charge < -0.3 is 31.0 Å². The molecule has 10 nitrogen and oxygen atoms in total. The first-order chi connectivity index (χ1) is 14.9. The maximum atomic E-state index is 11.8. The predicted octanol–water partition coefficient (Wildman–Crippen LogP) is 2.77. The van der Waals surface area contributed by atoms with Crippen LogP contribution in [0.25, 0.3) is 11.2 Å². The number of H-pyrrole nitrogens is 1. The molecule has 31 heavy (non-hydrogen) atoms. The van der Waals surface area contributed by atoms with Crippen LogP contribution in [-0.4, -0.2) is 42.3 Å². The van der Waals surface area contributed by atoms with Gasteiger partial charge in [-0.1, -0.05) is 12.8 Å². The maximum Gasteiger partial charge on any atom is 0.251 e. The van der Waals surface area contributed by atoms with Crippen molar-refractivity contribution in [3.8, 4) is 0 Å². The second-order valence-corrected chi connectivity index (χ2v) is 8.43. The van der Waals surface area contributed by atoms with Crippen molar-refractivity contribution in [3.05, 3.63) is 28.8 Å². The standard InChI is InChI=1S/C21H30N8O2/c1-12(2)29-11-23-18-19(24-14-9-16(22)26-17(31)10-14)27-21(28-20(18)29)25-15-6-4-3-5-13(15)7-8-30/h9-13,15,30H,3-8H2,1-2H3,(H5,22,24,25,26,27,28,31)/t13-,15+/m1/s1. The molecule has 1 fully saturated rings. The highest BCUT2D eigenvalue weighted by Crippen LogP contribution is 2.31. The molecule has 3 heterocycles. The van der Waals surface area contributed by atoms with Gasteiger partial charge in [0.2, 0.25) is 5.95 Å². The molecular weight excluding hydrogens is 396 g/mol. The summed E-state index contributed by atoms with van der Waals surface area (Å²) in [5.74, 6) is 1.66. The number of pyridine rings is 1. The summed E-state index contributed by atoms with van der Waals surface area (Å²) in [6, 6.07) is 3.44. The Morgan fingerprint density at radius 1 is 1.29 bits per heavy atom. The zero-order valence-electron chi connectivity index (χ0n) is 17.9. The van der Waals surface area contributed by atoms with Gasteiger partial charge in [-0.15, -0.1) is 0 Å². The summed E-state index contributed by atoms with van der Waals surface area (Å²) in [6.07, 6.45) is 6.94. The molecule has 6 N–H and O–H groups in total. The number of fused-ring (bicyclic) bond motifs is 1. The molecule has 0 saturated heterocycles. The number of hydrogen-bond acceptors (Lipinski definition) is 8. The van der Waals surface area contributed by atoms with E-state index in [1.54, 1.807) is 12.4 Å². The summed E-state index contributed by atoms with van der Waals surface area (Å²) < 4.78 is 1.99. The van der Waals surface area contributed by atoms with E-state index >= 15 is 0 Å². The molecule has 10 heteroatoms. The number of anilines is 4. The lowest BCUT2D eigenvalue weighted by Gasteiger charge is -2.32. The Kier molecular flexibility index (Phi) is 6.08. The van der Waals surface area contributed by atoms with E-state index in [1.165, 1.54) is 12.5 Å². The van der Waals surface area contributed by atoms with Crippen molar-refractivity contribution in [2.24, 2.45) is 5.92 Å². The topological polar surface area (TPSA) is 147 Å². The van der Waals surface area contributed by atoms with Crippen LogP contribution >= 0.6 is 0 Å². The third-order valence-electron chi connectivity index (χ3n) is 5.83. The summed E-state index contributed by atoms with van der Waals surface area (Å²) in [4.78, 5) is 28.3.